The predicted molar refractivity (Wildman–Crippen MR) is 70.3 cm³/mol. The molecular weight excluding hydrogens is 286 g/mol. The molecule has 0 aliphatic carbocycles. The van der Waals surface area contributed by atoms with Crippen LogP contribution in [0, 0.1) is 0 Å². The molecule has 0 saturated heterocycles. The average molecular weight is 304 g/mol. The van der Waals surface area contributed by atoms with Crippen LogP contribution in [0.15, 0.2) is 22.7 Å². The van der Waals surface area contributed by atoms with E-state index in [1.54, 1.807) is 14.2 Å². The number of nitrogens with one attached hydrogen (secondary N) is 1. The summed E-state index contributed by atoms with van der Waals surface area (Å²) in [6, 6.07) is 5.80. The molecule has 0 heterocycles. The van der Waals surface area contributed by atoms with Crippen molar-refractivity contribution in [3.05, 3.63) is 28.2 Å². The van der Waals surface area contributed by atoms with Gasteiger partial charge in [0.15, 0.2) is 0 Å². The minimum atomic E-state index is -0.482. The van der Waals surface area contributed by atoms with E-state index in [4.69, 9.17) is 9.47 Å². The number of hydrogen-bond acceptors (Lipinski definition) is 4. The second-order valence-electron chi connectivity index (χ2n) is 3.70. The Morgan fingerprint density at radius 3 is 2.82 bits per heavy atom. The number of methoxy groups -OCH3 is 2. The van der Waals surface area contributed by atoms with E-state index >= 15 is 0 Å². The molecular formula is C12H18BrNO3. The molecule has 1 aromatic carbocycles. The molecule has 0 aliphatic heterocycles. The second-order valence-corrected chi connectivity index (χ2v) is 4.55. The van der Waals surface area contributed by atoms with Crippen LogP contribution in [0.5, 0.6) is 5.75 Å². The van der Waals surface area contributed by atoms with Gasteiger partial charge in [-0.25, -0.2) is 0 Å². The van der Waals surface area contributed by atoms with Crippen LogP contribution in [-0.2, 0) is 11.3 Å². The highest BCUT2D eigenvalue weighted by atomic mass is 79.9. The van der Waals surface area contributed by atoms with E-state index in [9.17, 15) is 5.11 Å². The Labute approximate surface area is 110 Å². The Balaban J connectivity index is 2.45. The molecule has 17 heavy (non-hydrogen) atoms. The minimum absolute atomic E-state index is 0.340. The summed E-state index contributed by atoms with van der Waals surface area (Å²) in [6.45, 7) is 1.50. The molecule has 0 aromatic heterocycles. The number of rotatable bonds is 7. The standard InChI is InChI=1S/C12H18BrNO3/c1-16-8-10(15)7-14-6-9-5-11(17-2)3-4-12(9)13/h3-5,10,14-15H,6-8H2,1-2H3. The zero-order valence-electron chi connectivity index (χ0n) is 10.1. The Kier molecular flexibility index (Phi) is 6.50. The fourth-order valence-corrected chi connectivity index (χ4v) is 1.83. The summed E-state index contributed by atoms with van der Waals surface area (Å²) in [5.74, 6) is 0.822. The molecule has 2 N–H and O–H groups in total. The van der Waals surface area contributed by atoms with Crippen molar-refractivity contribution in [2.75, 3.05) is 27.4 Å². The van der Waals surface area contributed by atoms with E-state index in [0.717, 1.165) is 15.8 Å². The molecule has 0 saturated carbocycles. The third-order valence-corrected chi connectivity index (χ3v) is 3.08. The SMILES string of the molecule is COCC(O)CNCc1cc(OC)ccc1Br. The highest BCUT2D eigenvalue weighted by Crippen LogP contribution is 2.22. The number of halogens is 1. The Bertz CT molecular complexity index is 347. The molecule has 0 spiro atoms. The maximum Gasteiger partial charge on any atom is 0.119 e. The van der Waals surface area contributed by atoms with E-state index < -0.39 is 6.10 Å². The zero-order valence-corrected chi connectivity index (χ0v) is 11.7. The summed E-state index contributed by atoms with van der Waals surface area (Å²) in [4.78, 5) is 0. The Hall–Kier alpha value is -0.620. The third-order valence-electron chi connectivity index (χ3n) is 2.31. The third kappa shape index (κ3) is 5.04. The van der Waals surface area contributed by atoms with Crippen molar-refractivity contribution in [3.8, 4) is 5.75 Å². The number of hydrogen-bond donors (Lipinski definition) is 2. The first-order chi connectivity index (χ1) is 8.17. The lowest BCUT2D eigenvalue weighted by molar-refractivity contribution is 0.0644. The van der Waals surface area contributed by atoms with Crippen LogP contribution in [-0.4, -0.2) is 38.6 Å². The van der Waals surface area contributed by atoms with Crippen molar-refractivity contribution in [2.45, 2.75) is 12.6 Å². The van der Waals surface area contributed by atoms with Gasteiger partial charge < -0.3 is 19.9 Å². The van der Waals surface area contributed by atoms with Gasteiger partial charge in [-0.1, -0.05) is 15.9 Å². The van der Waals surface area contributed by atoms with Crippen molar-refractivity contribution in [2.24, 2.45) is 0 Å². The summed E-state index contributed by atoms with van der Waals surface area (Å²) in [5, 5.41) is 12.6. The molecule has 1 atom stereocenters. The van der Waals surface area contributed by atoms with Crippen LogP contribution >= 0.6 is 15.9 Å². The minimum Gasteiger partial charge on any atom is -0.497 e. The van der Waals surface area contributed by atoms with Crippen molar-refractivity contribution < 1.29 is 14.6 Å². The van der Waals surface area contributed by atoms with Crippen molar-refractivity contribution in [3.63, 3.8) is 0 Å². The number of aliphatic hydroxyl groups excluding tert-OH is 1. The van der Waals surface area contributed by atoms with E-state index in [1.807, 2.05) is 18.2 Å². The summed E-state index contributed by atoms with van der Waals surface area (Å²) in [5.41, 5.74) is 1.09. The van der Waals surface area contributed by atoms with Gasteiger partial charge in [-0.15, -0.1) is 0 Å². The predicted octanol–water partition coefficient (Wildman–Crippen LogP) is 1.55. The largest absolute Gasteiger partial charge is 0.497 e. The molecule has 96 valence electrons. The molecule has 1 unspecified atom stereocenters. The molecule has 1 rings (SSSR count). The quantitative estimate of drug-likeness (QED) is 0.802. The molecule has 0 aliphatic rings. The van der Waals surface area contributed by atoms with Gasteiger partial charge in [0.05, 0.1) is 19.8 Å². The molecule has 5 heteroatoms. The van der Waals surface area contributed by atoms with E-state index in [-0.39, 0.29) is 0 Å². The van der Waals surface area contributed by atoms with E-state index in [1.165, 1.54) is 0 Å². The number of benzene rings is 1. The average Bonchev–Trinajstić information content (AvgIpc) is 2.32. The topological polar surface area (TPSA) is 50.7 Å². The van der Waals surface area contributed by atoms with Gasteiger partial charge in [0.1, 0.15) is 5.75 Å². The lowest BCUT2D eigenvalue weighted by Gasteiger charge is -2.12. The number of ether oxygens (including phenoxy) is 2. The van der Waals surface area contributed by atoms with Crippen LogP contribution in [0.3, 0.4) is 0 Å². The van der Waals surface area contributed by atoms with E-state index in [2.05, 4.69) is 21.2 Å². The summed E-state index contributed by atoms with van der Waals surface area (Å²) in [7, 11) is 3.21. The monoisotopic (exact) mass is 303 g/mol. The van der Waals surface area contributed by atoms with Crippen LogP contribution in [0.4, 0.5) is 0 Å². The second kappa shape index (κ2) is 7.66. The summed E-state index contributed by atoms with van der Waals surface area (Å²) in [6.07, 6.45) is -0.482. The molecule has 4 nitrogen and oxygen atoms in total. The highest BCUT2D eigenvalue weighted by Gasteiger charge is 2.05. The fourth-order valence-electron chi connectivity index (χ4n) is 1.44. The first-order valence-electron chi connectivity index (χ1n) is 5.37. The van der Waals surface area contributed by atoms with Gasteiger partial charge in [-0.3, -0.25) is 0 Å². The van der Waals surface area contributed by atoms with Crippen molar-refractivity contribution in [1.82, 2.24) is 5.32 Å². The molecule has 0 fully saturated rings. The number of aliphatic hydroxyl groups is 1. The van der Waals surface area contributed by atoms with Gasteiger partial charge >= 0.3 is 0 Å². The Morgan fingerprint density at radius 2 is 2.18 bits per heavy atom. The van der Waals surface area contributed by atoms with Crippen LogP contribution in [0.25, 0.3) is 0 Å². The first-order valence-corrected chi connectivity index (χ1v) is 6.16. The summed E-state index contributed by atoms with van der Waals surface area (Å²) >= 11 is 3.47. The summed E-state index contributed by atoms with van der Waals surface area (Å²) < 4.78 is 11.0. The smallest absolute Gasteiger partial charge is 0.119 e. The first kappa shape index (κ1) is 14.4. The molecule has 0 amide bonds. The van der Waals surface area contributed by atoms with Crippen LogP contribution < -0.4 is 10.1 Å². The lowest BCUT2D eigenvalue weighted by atomic mass is 10.2. The highest BCUT2D eigenvalue weighted by molar-refractivity contribution is 9.10. The molecule has 0 radical (unpaired) electrons. The molecule has 1 aromatic rings. The Morgan fingerprint density at radius 1 is 1.41 bits per heavy atom. The molecule has 0 bridgehead atoms. The van der Waals surface area contributed by atoms with Crippen molar-refractivity contribution in [1.29, 1.82) is 0 Å². The van der Waals surface area contributed by atoms with Gasteiger partial charge in [-0.05, 0) is 23.8 Å². The van der Waals surface area contributed by atoms with E-state index in [0.29, 0.717) is 19.7 Å². The fraction of sp³-hybridized carbons (Fsp3) is 0.500. The lowest BCUT2D eigenvalue weighted by Crippen LogP contribution is -2.29. The zero-order chi connectivity index (χ0) is 12.7. The maximum atomic E-state index is 9.47. The maximum absolute atomic E-state index is 9.47. The van der Waals surface area contributed by atoms with Crippen LogP contribution in [0.2, 0.25) is 0 Å². The van der Waals surface area contributed by atoms with Gasteiger partial charge in [0.25, 0.3) is 0 Å². The van der Waals surface area contributed by atoms with Gasteiger partial charge in [-0.2, -0.15) is 0 Å². The van der Waals surface area contributed by atoms with Gasteiger partial charge in [0.2, 0.25) is 0 Å². The van der Waals surface area contributed by atoms with Gasteiger partial charge in [0, 0.05) is 24.7 Å². The normalized spacial score (nSPS) is 12.5. The van der Waals surface area contributed by atoms with Crippen molar-refractivity contribution >= 4 is 15.9 Å². The van der Waals surface area contributed by atoms with Crippen LogP contribution in [0.1, 0.15) is 5.56 Å².